The predicted octanol–water partition coefficient (Wildman–Crippen LogP) is 3.12. The largest absolute Gasteiger partial charge is 0.493 e. The summed E-state index contributed by atoms with van der Waals surface area (Å²) >= 11 is 7.24. The number of ether oxygens (including phenoxy) is 3. The fourth-order valence-electron chi connectivity index (χ4n) is 3.04. The summed E-state index contributed by atoms with van der Waals surface area (Å²) in [7, 11) is 4.69. The zero-order chi connectivity index (χ0) is 23.1. The number of amides is 1. The SMILES string of the molecule is COCCn1c(SCC(=O)NCc2ccc(OC)c(OC)c2)nc2cc(Cl)ccc2c1=O. The smallest absolute Gasteiger partial charge is 0.262 e. The first-order chi connectivity index (χ1) is 15.5. The molecule has 3 aromatic rings. The molecule has 1 amide bonds. The van der Waals surface area contributed by atoms with Crippen molar-refractivity contribution in [3.63, 3.8) is 0 Å². The first-order valence-corrected chi connectivity index (χ1v) is 11.1. The molecule has 1 heterocycles. The molecule has 0 atom stereocenters. The molecule has 170 valence electrons. The Morgan fingerprint density at radius 3 is 2.62 bits per heavy atom. The third kappa shape index (κ3) is 5.73. The van der Waals surface area contributed by atoms with Crippen molar-refractivity contribution in [3.8, 4) is 11.5 Å². The van der Waals surface area contributed by atoms with Crippen molar-refractivity contribution in [3.05, 3.63) is 57.3 Å². The Hall–Kier alpha value is -2.75. The second kappa shape index (κ2) is 11.2. The molecule has 0 saturated carbocycles. The van der Waals surface area contributed by atoms with E-state index in [1.54, 1.807) is 45.6 Å². The van der Waals surface area contributed by atoms with Crippen LogP contribution in [-0.2, 0) is 22.6 Å². The van der Waals surface area contributed by atoms with Crippen molar-refractivity contribution < 1.29 is 19.0 Å². The second-order valence-electron chi connectivity index (χ2n) is 6.76. The molecule has 0 aliphatic carbocycles. The summed E-state index contributed by atoms with van der Waals surface area (Å²) in [5, 5.41) is 4.25. The van der Waals surface area contributed by atoms with Gasteiger partial charge in [-0.25, -0.2) is 4.98 Å². The van der Waals surface area contributed by atoms with Crippen molar-refractivity contribution in [2.24, 2.45) is 0 Å². The molecule has 0 unspecified atom stereocenters. The molecule has 0 radical (unpaired) electrons. The van der Waals surface area contributed by atoms with Crippen LogP contribution in [0.15, 0.2) is 46.3 Å². The fraction of sp³-hybridized carbons (Fsp3) is 0.318. The Morgan fingerprint density at radius 2 is 1.91 bits per heavy atom. The van der Waals surface area contributed by atoms with E-state index in [4.69, 9.17) is 25.8 Å². The van der Waals surface area contributed by atoms with Gasteiger partial charge in [-0.05, 0) is 35.9 Å². The average Bonchev–Trinajstić information content (AvgIpc) is 2.80. The number of rotatable bonds is 10. The molecule has 2 aromatic carbocycles. The maximum Gasteiger partial charge on any atom is 0.262 e. The zero-order valence-corrected chi connectivity index (χ0v) is 19.6. The number of nitrogens with one attached hydrogen (secondary N) is 1. The van der Waals surface area contributed by atoms with Crippen LogP contribution in [0.4, 0.5) is 0 Å². The van der Waals surface area contributed by atoms with E-state index < -0.39 is 0 Å². The molecular formula is C22H24ClN3O5S. The number of hydrogen-bond donors (Lipinski definition) is 1. The van der Waals surface area contributed by atoms with Gasteiger partial charge >= 0.3 is 0 Å². The summed E-state index contributed by atoms with van der Waals surface area (Å²) in [6, 6.07) is 10.4. The van der Waals surface area contributed by atoms with Crippen molar-refractivity contribution in [2.45, 2.75) is 18.2 Å². The molecule has 0 bridgehead atoms. The van der Waals surface area contributed by atoms with Crippen LogP contribution >= 0.6 is 23.4 Å². The first kappa shape index (κ1) is 23.9. The van der Waals surface area contributed by atoms with E-state index in [-0.39, 0.29) is 17.2 Å². The van der Waals surface area contributed by atoms with Gasteiger partial charge in [-0.3, -0.25) is 14.2 Å². The highest BCUT2D eigenvalue weighted by molar-refractivity contribution is 7.99. The molecule has 8 nitrogen and oxygen atoms in total. The Labute approximate surface area is 194 Å². The van der Waals surface area contributed by atoms with Gasteiger partial charge < -0.3 is 19.5 Å². The number of nitrogens with zero attached hydrogens (tertiary/aromatic N) is 2. The zero-order valence-electron chi connectivity index (χ0n) is 18.0. The number of fused-ring (bicyclic) bond motifs is 1. The summed E-state index contributed by atoms with van der Waals surface area (Å²) in [5.41, 5.74) is 1.16. The first-order valence-electron chi connectivity index (χ1n) is 9.76. The van der Waals surface area contributed by atoms with Gasteiger partial charge in [0, 0.05) is 18.7 Å². The number of carbonyl (C=O) groups is 1. The number of hydrogen-bond acceptors (Lipinski definition) is 7. The Balaban J connectivity index is 1.72. The van der Waals surface area contributed by atoms with Crippen molar-refractivity contribution in [1.82, 2.24) is 14.9 Å². The number of thioether (sulfide) groups is 1. The third-order valence-electron chi connectivity index (χ3n) is 4.67. The van der Waals surface area contributed by atoms with Gasteiger partial charge in [-0.1, -0.05) is 29.4 Å². The van der Waals surface area contributed by atoms with Gasteiger partial charge in [0.2, 0.25) is 5.91 Å². The topological polar surface area (TPSA) is 91.7 Å². The summed E-state index contributed by atoms with van der Waals surface area (Å²) in [6.45, 7) is 1.01. The number of methoxy groups -OCH3 is 3. The number of benzene rings is 2. The van der Waals surface area contributed by atoms with E-state index >= 15 is 0 Å². The lowest BCUT2D eigenvalue weighted by atomic mass is 10.2. The van der Waals surface area contributed by atoms with Crippen LogP contribution in [0.1, 0.15) is 5.56 Å². The summed E-state index contributed by atoms with van der Waals surface area (Å²) < 4.78 is 17.1. The van der Waals surface area contributed by atoms with Crippen LogP contribution in [0.25, 0.3) is 10.9 Å². The van der Waals surface area contributed by atoms with Gasteiger partial charge in [-0.15, -0.1) is 0 Å². The minimum atomic E-state index is -0.197. The highest BCUT2D eigenvalue weighted by Crippen LogP contribution is 2.27. The van der Waals surface area contributed by atoms with E-state index in [0.29, 0.717) is 52.3 Å². The molecule has 1 N–H and O–H groups in total. The van der Waals surface area contributed by atoms with Crippen LogP contribution in [0, 0.1) is 0 Å². The summed E-state index contributed by atoms with van der Waals surface area (Å²) in [5.74, 6) is 1.12. The fourth-order valence-corrected chi connectivity index (χ4v) is 4.06. The summed E-state index contributed by atoms with van der Waals surface area (Å²) in [6.07, 6.45) is 0. The van der Waals surface area contributed by atoms with Crippen LogP contribution in [0.2, 0.25) is 5.02 Å². The second-order valence-corrected chi connectivity index (χ2v) is 8.14. The Kier molecular flexibility index (Phi) is 8.38. The maximum absolute atomic E-state index is 12.9. The lowest BCUT2D eigenvalue weighted by Crippen LogP contribution is -2.27. The quantitative estimate of drug-likeness (QED) is 0.354. The standard InChI is InChI=1S/C22H24ClN3O5S/c1-29-9-8-26-21(28)16-6-5-15(23)11-17(16)25-22(26)32-13-20(27)24-12-14-4-7-18(30-2)19(10-14)31-3/h4-7,10-11H,8-9,12-13H2,1-3H3,(H,24,27). The highest BCUT2D eigenvalue weighted by atomic mass is 35.5. The maximum atomic E-state index is 12.9. The van der Waals surface area contributed by atoms with Gasteiger partial charge in [0.1, 0.15) is 0 Å². The summed E-state index contributed by atoms with van der Waals surface area (Å²) in [4.78, 5) is 29.9. The van der Waals surface area contributed by atoms with E-state index in [1.807, 2.05) is 12.1 Å². The minimum Gasteiger partial charge on any atom is -0.493 e. The molecule has 0 aliphatic heterocycles. The van der Waals surface area contributed by atoms with E-state index in [0.717, 1.165) is 5.56 Å². The minimum absolute atomic E-state index is 0.0960. The molecule has 0 spiro atoms. The van der Waals surface area contributed by atoms with Gasteiger partial charge in [0.25, 0.3) is 5.56 Å². The van der Waals surface area contributed by atoms with Gasteiger partial charge in [-0.2, -0.15) is 0 Å². The van der Waals surface area contributed by atoms with Gasteiger partial charge in [0.05, 0.1) is 44.0 Å². The lowest BCUT2D eigenvalue weighted by Gasteiger charge is -2.13. The van der Waals surface area contributed by atoms with Crippen LogP contribution < -0.4 is 20.3 Å². The third-order valence-corrected chi connectivity index (χ3v) is 5.88. The van der Waals surface area contributed by atoms with Crippen molar-refractivity contribution in [2.75, 3.05) is 33.7 Å². The van der Waals surface area contributed by atoms with E-state index in [2.05, 4.69) is 10.3 Å². The molecule has 32 heavy (non-hydrogen) atoms. The molecule has 0 fully saturated rings. The van der Waals surface area contributed by atoms with E-state index in [1.165, 1.54) is 16.3 Å². The number of halogens is 1. The number of aromatic nitrogens is 2. The van der Waals surface area contributed by atoms with Crippen molar-refractivity contribution >= 4 is 40.2 Å². The Morgan fingerprint density at radius 1 is 1.12 bits per heavy atom. The van der Waals surface area contributed by atoms with Crippen LogP contribution in [-0.4, -0.2) is 49.1 Å². The predicted molar refractivity (Wildman–Crippen MR) is 125 cm³/mol. The highest BCUT2D eigenvalue weighted by Gasteiger charge is 2.14. The van der Waals surface area contributed by atoms with Crippen LogP contribution in [0.5, 0.6) is 11.5 Å². The lowest BCUT2D eigenvalue weighted by molar-refractivity contribution is -0.118. The Bertz CT molecular complexity index is 1170. The van der Waals surface area contributed by atoms with E-state index in [9.17, 15) is 9.59 Å². The normalized spacial score (nSPS) is 10.9. The van der Waals surface area contributed by atoms with Gasteiger partial charge in [0.15, 0.2) is 16.7 Å². The monoisotopic (exact) mass is 477 g/mol. The number of carbonyl (C=O) groups excluding carboxylic acids is 1. The van der Waals surface area contributed by atoms with Crippen molar-refractivity contribution in [1.29, 1.82) is 0 Å². The molecule has 10 heteroatoms. The van der Waals surface area contributed by atoms with Crippen LogP contribution in [0.3, 0.4) is 0 Å². The average molecular weight is 478 g/mol. The molecule has 0 saturated heterocycles. The molecule has 3 rings (SSSR count). The molecule has 0 aliphatic rings. The molecule has 1 aromatic heterocycles. The molecular weight excluding hydrogens is 454 g/mol.